The zero-order valence-electron chi connectivity index (χ0n) is 16.2. The quantitative estimate of drug-likeness (QED) is 0.532. The largest absolute Gasteiger partial charge is 0.463 e. The van der Waals surface area contributed by atoms with Gasteiger partial charge in [-0.05, 0) is 12.1 Å². The summed E-state index contributed by atoms with van der Waals surface area (Å²) in [6.07, 6.45) is -3.16. The van der Waals surface area contributed by atoms with E-state index in [0.717, 1.165) is 10.9 Å². The van der Waals surface area contributed by atoms with Crippen molar-refractivity contribution in [3.63, 3.8) is 0 Å². The Morgan fingerprint density at radius 2 is 1.83 bits per heavy atom. The van der Waals surface area contributed by atoms with Crippen LogP contribution in [0.15, 0.2) is 24.3 Å². The lowest BCUT2D eigenvalue weighted by atomic mass is 10.00. The standard InChI is InChI=1S/C19H21ClN2O7/c1-10(23)26-9-16-18(28-12(3)25)15(27-11(2)24)8-17(29-16)22-14-7-5-4-6-13(14)19(20)21-22/h4-7,15-18H,8-9H2,1-3H3/t15-,16-,17?,18+/m1/s1. The number of aromatic nitrogens is 2. The lowest BCUT2D eigenvalue weighted by molar-refractivity contribution is -0.228. The van der Waals surface area contributed by atoms with Crippen molar-refractivity contribution in [1.29, 1.82) is 0 Å². The number of rotatable bonds is 5. The molecule has 0 aliphatic carbocycles. The van der Waals surface area contributed by atoms with Crippen molar-refractivity contribution in [2.75, 3.05) is 6.61 Å². The predicted octanol–water partition coefficient (Wildman–Crippen LogP) is 2.40. The lowest BCUT2D eigenvalue weighted by Crippen LogP contribution is -2.52. The highest BCUT2D eigenvalue weighted by molar-refractivity contribution is 6.34. The highest BCUT2D eigenvalue weighted by Crippen LogP contribution is 2.35. The van der Waals surface area contributed by atoms with Crippen LogP contribution in [0.25, 0.3) is 10.9 Å². The molecular weight excluding hydrogens is 404 g/mol. The molecule has 1 unspecified atom stereocenters. The molecule has 0 saturated carbocycles. The molecule has 1 aromatic heterocycles. The number of esters is 3. The van der Waals surface area contributed by atoms with Crippen LogP contribution in [0, 0.1) is 0 Å². The summed E-state index contributed by atoms with van der Waals surface area (Å²) >= 11 is 6.24. The minimum Gasteiger partial charge on any atom is -0.463 e. The number of para-hydroxylation sites is 1. The van der Waals surface area contributed by atoms with E-state index in [1.54, 1.807) is 4.68 Å². The first kappa shape index (κ1) is 21.1. The molecule has 156 valence electrons. The fourth-order valence-electron chi connectivity index (χ4n) is 3.34. The molecule has 1 aliphatic heterocycles. The average Bonchev–Trinajstić information content (AvgIpc) is 2.98. The van der Waals surface area contributed by atoms with Gasteiger partial charge in [0, 0.05) is 32.6 Å². The molecule has 2 heterocycles. The van der Waals surface area contributed by atoms with Crippen molar-refractivity contribution in [2.24, 2.45) is 0 Å². The second-order valence-corrected chi connectivity index (χ2v) is 7.00. The van der Waals surface area contributed by atoms with Crippen LogP contribution in [0.2, 0.25) is 5.15 Å². The van der Waals surface area contributed by atoms with Crippen molar-refractivity contribution in [2.45, 2.75) is 51.7 Å². The van der Waals surface area contributed by atoms with Gasteiger partial charge in [-0.15, -0.1) is 0 Å². The highest BCUT2D eigenvalue weighted by atomic mass is 35.5. The fourth-order valence-corrected chi connectivity index (χ4v) is 3.58. The molecule has 0 spiro atoms. The van der Waals surface area contributed by atoms with Gasteiger partial charge < -0.3 is 18.9 Å². The van der Waals surface area contributed by atoms with E-state index in [4.69, 9.17) is 30.5 Å². The molecule has 4 atom stereocenters. The monoisotopic (exact) mass is 424 g/mol. The second-order valence-electron chi connectivity index (χ2n) is 6.64. The van der Waals surface area contributed by atoms with Crippen LogP contribution in [0.3, 0.4) is 0 Å². The van der Waals surface area contributed by atoms with Crippen LogP contribution in [-0.4, -0.2) is 52.6 Å². The second kappa shape index (κ2) is 8.79. The number of halogens is 1. The zero-order valence-corrected chi connectivity index (χ0v) is 16.9. The van der Waals surface area contributed by atoms with Crippen molar-refractivity contribution >= 4 is 40.4 Å². The number of hydrogen-bond donors (Lipinski definition) is 0. The number of ether oxygens (including phenoxy) is 4. The van der Waals surface area contributed by atoms with Crippen LogP contribution in [0.1, 0.15) is 33.4 Å². The molecule has 10 heteroatoms. The molecule has 9 nitrogen and oxygen atoms in total. The molecule has 1 aromatic carbocycles. The molecule has 0 amide bonds. The van der Waals surface area contributed by atoms with Gasteiger partial charge in [0.05, 0.1) is 5.52 Å². The Kier molecular flexibility index (Phi) is 6.39. The Morgan fingerprint density at radius 3 is 2.48 bits per heavy atom. The summed E-state index contributed by atoms with van der Waals surface area (Å²) in [6.45, 7) is 3.57. The minimum absolute atomic E-state index is 0.163. The van der Waals surface area contributed by atoms with Gasteiger partial charge in [-0.25, -0.2) is 4.68 Å². The number of nitrogens with zero attached hydrogens (tertiary/aromatic N) is 2. The number of fused-ring (bicyclic) bond motifs is 1. The molecule has 0 radical (unpaired) electrons. The van der Waals surface area contributed by atoms with Crippen molar-refractivity contribution < 1.29 is 33.3 Å². The molecule has 3 rings (SSSR count). The van der Waals surface area contributed by atoms with E-state index in [2.05, 4.69) is 5.10 Å². The lowest BCUT2D eigenvalue weighted by Gasteiger charge is -2.40. The SMILES string of the molecule is CC(=O)OC[C@H]1OC(n2nc(Cl)c3ccccc32)C[C@@H](OC(C)=O)[C@@H]1OC(C)=O. The predicted molar refractivity (Wildman–Crippen MR) is 101 cm³/mol. The van der Waals surface area contributed by atoms with Gasteiger partial charge in [0.1, 0.15) is 18.8 Å². The maximum absolute atomic E-state index is 11.6. The van der Waals surface area contributed by atoms with E-state index < -0.39 is 42.4 Å². The van der Waals surface area contributed by atoms with E-state index in [1.165, 1.54) is 20.8 Å². The van der Waals surface area contributed by atoms with Crippen molar-refractivity contribution in [3.8, 4) is 0 Å². The molecular formula is C19H21ClN2O7. The van der Waals surface area contributed by atoms with Crippen LogP contribution in [0.5, 0.6) is 0 Å². The van der Waals surface area contributed by atoms with Gasteiger partial charge in [0.25, 0.3) is 0 Å². The first-order valence-corrected chi connectivity index (χ1v) is 9.40. The molecule has 29 heavy (non-hydrogen) atoms. The Hall–Kier alpha value is -2.65. The topological polar surface area (TPSA) is 106 Å². The summed E-state index contributed by atoms with van der Waals surface area (Å²) in [4.78, 5) is 34.5. The molecule has 1 fully saturated rings. The van der Waals surface area contributed by atoms with Crippen LogP contribution in [-0.2, 0) is 33.3 Å². The van der Waals surface area contributed by atoms with Gasteiger partial charge in [0.2, 0.25) is 0 Å². The number of hydrogen-bond acceptors (Lipinski definition) is 8. The fraction of sp³-hybridized carbons (Fsp3) is 0.474. The Bertz CT molecular complexity index is 928. The summed E-state index contributed by atoms with van der Waals surface area (Å²) in [5.41, 5.74) is 0.723. The van der Waals surface area contributed by atoms with Crippen LogP contribution >= 0.6 is 11.6 Å². The smallest absolute Gasteiger partial charge is 0.303 e. The van der Waals surface area contributed by atoms with E-state index in [-0.39, 0.29) is 13.0 Å². The molecule has 1 saturated heterocycles. The highest BCUT2D eigenvalue weighted by Gasteiger charge is 2.44. The first-order chi connectivity index (χ1) is 13.8. The summed E-state index contributed by atoms with van der Waals surface area (Å²) in [5, 5.41) is 5.38. The van der Waals surface area contributed by atoms with E-state index >= 15 is 0 Å². The Labute approximate surface area is 171 Å². The van der Waals surface area contributed by atoms with Crippen molar-refractivity contribution in [1.82, 2.24) is 9.78 Å². The first-order valence-electron chi connectivity index (χ1n) is 9.02. The third-order valence-corrected chi connectivity index (χ3v) is 4.69. The third-order valence-electron chi connectivity index (χ3n) is 4.41. The average molecular weight is 425 g/mol. The molecule has 0 N–H and O–H groups in total. The zero-order chi connectivity index (χ0) is 21.1. The summed E-state index contributed by atoms with van der Waals surface area (Å²) in [6, 6.07) is 7.33. The summed E-state index contributed by atoms with van der Waals surface area (Å²) in [7, 11) is 0. The Balaban J connectivity index is 1.97. The molecule has 2 aromatic rings. The van der Waals surface area contributed by atoms with Crippen LogP contribution < -0.4 is 0 Å². The van der Waals surface area contributed by atoms with E-state index in [0.29, 0.717) is 5.15 Å². The normalized spacial score (nSPS) is 24.1. The maximum Gasteiger partial charge on any atom is 0.303 e. The Morgan fingerprint density at radius 1 is 1.14 bits per heavy atom. The number of carbonyl (C=O) groups excluding carboxylic acids is 3. The minimum atomic E-state index is -0.940. The van der Waals surface area contributed by atoms with Gasteiger partial charge in [-0.2, -0.15) is 5.10 Å². The third kappa shape index (κ3) is 4.86. The molecule has 1 aliphatic rings. The summed E-state index contributed by atoms with van der Waals surface area (Å²) < 4.78 is 23.5. The summed E-state index contributed by atoms with van der Waals surface area (Å²) in [5.74, 6) is -1.63. The van der Waals surface area contributed by atoms with E-state index in [1.807, 2.05) is 24.3 Å². The van der Waals surface area contributed by atoms with Gasteiger partial charge in [-0.3, -0.25) is 14.4 Å². The van der Waals surface area contributed by atoms with E-state index in [9.17, 15) is 14.4 Å². The molecule has 0 bridgehead atoms. The van der Waals surface area contributed by atoms with Crippen LogP contribution in [0.4, 0.5) is 0 Å². The van der Waals surface area contributed by atoms with Gasteiger partial charge >= 0.3 is 17.9 Å². The van der Waals surface area contributed by atoms with Crippen molar-refractivity contribution in [3.05, 3.63) is 29.4 Å². The number of benzene rings is 1. The van der Waals surface area contributed by atoms with Gasteiger partial charge in [-0.1, -0.05) is 23.7 Å². The van der Waals surface area contributed by atoms with Gasteiger partial charge in [0.15, 0.2) is 17.5 Å². The number of carbonyl (C=O) groups is 3. The maximum atomic E-state index is 11.6.